The van der Waals surface area contributed by atoms with Crippen LogP contribution in [0.25, 0.3) is 0 Å². The molecule has 0 aliphatic heterocycles. The topological polar surface area (TPSA) is 30.7 Å². The third-order valence-electron chi connectivity index (χ3n) is 3.22. The van der Waals surface area contributed by atoms with Crippen molar-refractivity contribution in [2.24, 2.45) is 0 Å². The summed E-state index contributed by atoms with van der Waals surface area (Å²) < 4.78 is 1.79. The number of hydrogen-bond acceptors (Lipinski definition) is 3. The highest BCUT2D eigenvalue weighted by Gasteiger charge is 2.18. The molecule has 1 atom stereocenters. The Morgan fingerprint density at radius 3 is 2.39 bits per heavy atom. The molecule has 0 radical (unpaired) electrons. The predicted octanol–water partition coefficient (Wildman–Crippen LogP) is 5.77. The molecular weight excluding hydrogens is 373 g/mol. The Morgan fingerprint density at radius 1 is 1.00 bits per heavy atom. The molecular formula is C16H12Cl3N3S. The fraction of sp³-hybridized carbons (Fsp3) is 0.125. The van der Waals surface area contributed by atoms with E-state index in [0.717, 1.165) is 10.5 Å². The van der Waals surface area contributed by atoms with Crippen LogP contribution in [0.2, 0.25) is 15.1 Å². The molecule has 0 fully saturated rings. The van der Waals surface area contributed by atoms with Gasteiger partial charge in [0.2, 0.25) is 0 Å². The summed E-state index contributed by atoms with van der Waals surface area (Å²) >= 11 is 20.0. The molecule has 0 amide bonds. The molecule has 3 aromatic rings. The molecule has 3 nitrogen and oxygen atoms in total. The molecule has 0 saturated carbocycles. The number of thioether (sulfide) groups is 1. The Morgan fingerprint density at radius 2 is 1.74 bits per heavy atom. The first-order valence-electron chi connectivity index (χ1n) is 6.81. The van der Waals surface area contributed by atoms with Gasteiger partial charge < -0.3 is 0 Å². The van der Waals surface area contributed by atoms with Crippen LogP contribution in [0.15, 0.2) is 60.0 Å². The Kier molecular flexibility index (Phi) is 5.49. The molecule has 2 aromatic carbocycles. The van der Waals surface area contributed by atoms with Crippen LogP contribution >= 0.6 is 46.6 Å². The Labute approximate surface area is 153 Å². The van der Waals surface area contributed by atoms with Crippen molar-refractivity contribution in [2.45, 2.75) is 16.7 Å². The average Bonchev–Trinajstić information content (AvgIpc) is 3.02. The zero-order valence-corrected chi connectivity index (χ0v) is 14.9. The summed E-state index contributed by atoms with van der Waals surface area (Å²) in [6.07, 6.45) is 3.22. The van der Waals surface area contributed by atoms with Gasteiger partial charge in [-0.25, -0.2) is 4.98 Å². The maximum atomic E-state index is 6.39. The van der Waals surface area contributed by atoms with Crippen molar-refractivity contribution in [1.29, 1.82) is 0 Å². The van der Waals surface area contributed by atoms with Gasteiger partial charge >= 0.3 is 0 Å². The summed E-state index contributed by atoms with van der Waals surface area (Å²) in [6, 6.07) is 13.3. The van der Waals surface area contributed by atoms with Crippen LogP contribution in [0.5, 0.6) is 0 Å². The molecule has 1 aromatic heterocycles. The minimum Gasteiger partial charge on any atom is -0.252 e. The largest absolute Gasteiger partial charge is 0.252 e. The minimum absolute atomic E-state index is 0.0719. The highest BCUT2D eigenvalue weighted by molar-refractivity contribution is 7.99. The lowest BCUT2D eigenvalue weighted by molar-refractivity contribution is 0.604. The number of aromatic nitrogens is 3. The lowest BCUT2D eigenvalue weighted by Gasteiger charge is -2.18. The molecule has 3 rings (SSSR count). The monoisotopic (exact) mass is 383 g/mol. The van der Waals surface area contributed by atoms with Crippen LogP contribution in [0.3, 0.4) is 0 Å². The van der Waals surface area contributed by atoms with Crippen molar-refractivity contribution in [3.05, 3.63) is 75.8 Å². The van der Waals surface area contributed by atoms with E-state index in [2.05, 4.69) is 10.1 Å². The van der Waals surface area contributed by atoms with Crippen molar-refractivity contribution in [2.75, 3.05) is 0 Å². The molecule has 1 unspecified atom stereocenters. The molecule has 0 spiro atoms. The van der Waals surface area contributed by atoms with Gasteiger partial charge in [0.05, 0.1) is 11.8 Å². The van der Waals surface area contributed by atoms with E-state index in [-0.39, 0.29) is 5.25 Å². The number of benzene rings is 2. The Bertz CT molecular complexity index is 776. The summed E-state index contributed by atoms with van der Waals surface area (Å²) in [5.74, 6) is 0. The van der Waals surface area contributed by atoms with Crippen molar-refractivity contribution in [3.63, 3.8) is 0 Å². The molecule has 23 heavy (non-hydrogen) atoms. The van der Waals surface area contributed by atoms with Crippen LogP contribution in [0.4, 0.5) is 0 Å². The first-order valence-corrected chi connectivity index (χ1v) is 8.83. The molecule has 0 saturated heterocycles. The van der Waals surface area contributed by atoms with E-state index in [1.807, 2.05) is 36.4 Å². The van der Waals surface area contributed by atoms with Gasteiger partial charge in [0.15, 0.2) is 0 Å². The summed E-state index contributed by atoms with van der Waals surface area (Å²) in [5.41, 5.74) is 1.01. The van der Waals surface area contributed by atoms with E-state index >= 15 is 0 Å². The number of hydrogen-bond donors (Lipinski definition) is 0. The maximum Gasteiger partial charge on any atom is 0.137 e. The van der Waals surface area contributed by atoms with Crippen molar-refractivity contribution >= 4 is 46.6 Å². The molecule has 0 aliphatic rings. The van der Waals surface area contributed by atoms with Gasteiger partial charge in [0.1, 0.15) is 12.7 Å². The van der Waals surface area contributed by atoms with Crippen LogP contribution in [-0.2, 0) is 6.54 Å². The quantitative estimate of drug-likeness (QED) is 0.523. The first-order chi connectivity index (χ1) is 11.1. The van der Waals surface area contributed by atoms with E-state index in [0.29, 0.717) is 21.6 Å². The zero-order valence-electron chi connectivity index (χ0n) is 11.9. The predicted molar refractivity (Wildman–Crippen MR) is 96.5 cm³/mol. The van der Waals surface area contributed by atoms with Gasteiger partial charge in [0.25, 0.3) is 0 Å². The van der Waals surface area contributed by atoms with Gasteiger partial charge in [-0.2, -0.15) is 5.10 Å². The third kappa shape index (κ3) is 4.42. The smallest absolute Gasteiger partial charge is 0.137 e. The van der Waals surface area contributed by atoms with Crippen LogP contribution in [0.1, 0.15) is 10.8 Å². The Hall–Kier alpha value is -1.20. The summed E-state index contributed by atoms with van der Waals surface area (Å²) in [5, 5.41) is 6.24. The van der Waals surface area contributed by atoms with Crippen LogP contribution in [0, 0.1) is 0 Å². The third-order valence-corrected chi connectivity index (χ3v) is 5.27. The van der Waals surface area contributed by atoms with E-state index in [1.54, 1.807) is 28.8 Å². The van der Waals surface area contributed by atoms with Crippen molar-refractivity contribution < 1.29 is 0 Å². The Balaban J connectivity index is 1.90. The summed E-state index contributed by atoms with van der Waals surface area (Å²) in [4.78, 5) is 5.10. The second kappa shape index (κ2) is 7.58. The second-order valence-electron chi connectivity index (χ2n) is 4.84. The second-order valence-corrected chi connectivity index (χ2v) is 7.40. The summed E-state index contributed by atoms with van der Waals surface area (Å²) in [6.45, 7) is 0.647. The fourth-order valence-electron chi connectivity index (χ4n) is 2.14. The highest BCUT2D eigenvalue weighted by Crippen LogP contribution is 2.40. The van der Waals surface area contributed by atoms with Crippen LogP contribution in [-0.4, -0.2) is 14.8 Å². The van der Waals surface area contributed by atoms with E-state index < -0.39 is 0 Å². The maximum absolute atomic E-state index is 6.39. The van der Waals surface area contributed by atoms with Gasteiger partial charge in [-0.05, 0) is 42.0 Å². The van der Waals surface area contributed by atoms with Crippen LogP contribution < -0.4 is 0 Å². The molecule has 0 N–H and O–H groups in total. The molecule has 7 heteroatoms. The van der Waals surface area contributed by atoms with Gasteiger partial charge in [0, 0.05) is 20.0 Å². The van der Waals surface area contributed by atoms with E-state index in [1.165, 1.54) is 6.33 Å². The average molecular weight is 385 g/mol. The SMILES string of the molecule is Clc1ccc(SC(Cn2cncn2)c2ccc(Cl)cc2Cl)cc1. The number of nitrogens with zero attached hydrogens (tertiary/aromatic N) is 3. The normalized spacial score (nSPS) is 12.3. The van der Waals surface area contributed by atoms with E-state index in [4.69, 9.17) is 34.8 Å². The molecule has 118 valence electrons. The van der Waals surface area contributed by atoms with E-state index in [9.17, 15) is 0 Å². The molecule has 1 heterocycles. The number of rotatable bonds is 5. The van der Waals surface area contributed by atoms with Crippen molar-refractivity contribution in [3.8, 4) is 0 Å². The van der Waals surface area contributed by atoms with Gasteiger partial charge in [-0.1, -0.05) is 40.9 Å². The lowest BCUT2D eigenvalue weighted by Crippen LogP contribution is -2.07. The van der Waals surface area contributed by atoms with Crippen molar-refractivity contribution in [1.82, 2.24) is 14.8 Å². The summed E-state index contributed by atoms with van der Waals surface area (Å²) in [7, 11) is 0. The minimum atomic E-state index is 0.0719. The first kappa shape index (κ1) is 16.7. The van der Waals surface area contributed by atoms with Gasteiger partial charge in [-0.15, -0.1) is 11.8 Å². The standard InChI is InChI=1S/C16H12Cl3N3S/c17-11-1-4-13(5-2-11)23-16(8-22-10-20-9-21-22)14-6-3-12(18)7-15(14)19/h1-7,9-10,16H,8H2. The van der Waals surface area contributed by atoms with Gasteiger partial charge in [-0.3, -0.25) is 4.68 Å². The molecule has 0 bridgehead atoms. The highest BCUT2D eigenvalue weighted by atomic mass is 35.5. The number of halogens is 3. The molecule has 0 aliphatic carbocycles. The lowest BCUT2D eigenvalue weighted by atomic mass is 10.1. The zero-order chi connectivity index (χ0) is 16.2. The fourth-order valence-corrected chi connectivity index (χ4v) is 4.05.